The van der Waals surface area contributed by atoms with Crippen molar-refractivity contribution in [2.45, 2.75) is 20.0 Å². The molecule has 1 atom stereocenters. The highest BCUT2D eigenvalue weighted by Crippen LogP contribution is 2.22. The third kappa shape index (κ3) is 2.87. The lowest BCUT2D eigenvalue weighted by molar-refractivity contribution is -0.153. The fourth-order valence-corrected chi connectivity index (χ4v) is 1.86. The van der Waals surface area contributed by atoms with Crippen molar-refractivity contribution in [3.05, 3.63) is 52.2 Å². The number of rotatable bonds is 3. The van der Waals surface area contributed by atoms with Crippen LogP contribution in [0.25, 0.3) is 11.1 Å². The maximum Gasteiger partial charge on any atom is 0.360 e. The minimum atomic E-state index is -1.39. The minimum absolute atomic E-state index is 0.171. The zero-order chi connectivity index (χ0) is 16.3. The Labute approximate surface area is 126 Å². The van der Waals surface area contributed by atoms with Crippen LogP contribution in [-0.4, -0.2) is 26.9 Å². The van der Waals surface area contributed by atoms with E-state index in [0.29, 0.717) is 16.8 Å². The lowest BCUT2D eigenvalue weighted by Crippen LogP contribution is -2.38. The second kappa shape index (κ2) is 6.20. The average Bonchev–Trinajstić information content (AvgIpc) is 2.52. The zero-order valence-electron chi connectivity index (χ0n) is 12.0. The van der Waals surface area contributed by atoms with Crippen LogP contribution in [0.15, 0.2) is 35.4 Å². The molecule has 0 aliphatic rings. The summed E-state index contributed by atoms with van der Waals surface area (Å²) in [6, 6.07) is 6.61. The van der Waals surface area contributed by atoms with Gasteiger partial charge in [0, 0.05) is 18.0 Å². The Kier molecular flexibility index (Phi) is 4.34. The Morgan fingerprint density at radius 1 is 1.45 bits per heavy atom. The van der Waals surface area contributed by atoms with Crippen molar-refractivity contribution in [3.8, 4) is 17.2 Å². The molecule has 0 amide bonds. The predicted molar refractivity (Wildman–Crippen MR) is 76.7 cm³/mol. The molecule has 2 rings (SSSR count). The normalized spacial score (nSPS) is 11.5. The molecule has 0 saturated carbocycles. The molecule has 0 aromatic carbocycles. The van der Waals surface area contributed by atoms with Gasteiger partial charge in [-0.25, -0.2) is 4.79 Å². The largest absolute Gasteiger partial charge is 0.382 e. The molecule has 112 valence electrons. The van der Waals surface area contributed by atoms with Gasteiger partial charge in [0.2, 0.25) is 0 Å². The van der Waals surface area contributed by atoms with Crippen LogP contribution in [0.1, 0.15) is 18.2 Å². The SMILES string of the molecule is Cc1c(-c2ccncc2)cc(C#N)c(=O)n1OC(=O)C(C)O. The van der Waals surface area contributed by atoms with E-state index in [2.05, 4.69) is 4.98 Å². The third-order valence-corrected chi connectivity index (χ3v) is 3.03. The summed E-state index contributed by atoms with van der Waals surface area (Å²) in [5.41, 5.74) is 0.676. The van der Waals surface area contributed by atoms with Crippen molar-refractivity contribution >= 4 is 5.97 Å². The second-order valence-corrected chi connectivity index (χ2v) is 4.59. The molecule has 2 heterocycles. The van der Waals surface area contributed by atoms with Crippen molar-refractivity contribution < 1.29 is 14.7 Å². The van der Waals surface area contributed by atoms with E-state index in [0.717, 1.165) is 4.73 Å². The molecule has 0 bridgehead atoms. The first-order valence-corrected chi connectivity index (χ1v) is 6.43. The molecule has 2 aromatic heterocycles. The van der Waals surface area contributed by atoms with E-state index < -0.39 is 17.6 Å². The van der Waals surface area contributed by atoms with Crippen molar-refractivity contribution in [1.29, 1.82) is 5.26 Å². The van der Waals surface area contributed by atoms with Gasteiger partial charge >= 0.3 is 11.5 Å². The van der Waals surface area contributed by atoms with E-state index in [1.54, 1.807) is 37.5 Å². The van der Waals surface area contributed by atoms with Gasteiger partial charge in [0.1, 0.15) is 11.6 Å². The summed E-state index contributed by atoms with van der Waals surface area (Å²) < 4.78 is 0.726. The summed E-state index contributed by atoms with van der Waals surface area (Å²) in [6.45, 7) is 2.80. The Hall–Kier alpha value is -2.98. The molecule has 7 nitrogen and oxygen atoms in total. The van der Waals surface area contributed by atoms with Gasteiger partial charge in [0.05, 0.1) is 5.69 Å². The Bertz CT molecular complexity index is 804. The molecule has 1 N–H and O–H groups in total. The number of nitriles is 1. The number of aliphatic hydroxyl groups is 1. The zero-order valence-corrected chi connectivity index (χ0v) is 12.0. The number of nitrogens with zero attached hydrogens (tertiary/aromatic N) is 3. The quantitative estimate of drug-likeness (QED) is 0.881. The number of carbonyl (C=O) groups is 1. The maximum atomic E-state index is 12.1. The molecule has 2 aromatic rings. The van der Waals surface area contributed by atoms with Gasteiger partial charge in [-0.05, 0) is 37.6 Å². The third-order valence-electron chi connectivity index (χ3n) is 3.03. The lowest BCUT2D eigenvalue weighted by atomic mass is 10.0. The fourth-order valence-electron chi connectivity index (χ4n) is 1.86. The molecule has 0 fully saturated rings. The van der Waals surface area contributed by atoms with Crippen LogP contribution < -0.4 is 10.4 Å². The minimum Gasteiger partial charge on any atom is -0.382 e. The summed E-state index contributed by atoms with van der Waals surface area (Å²) in [5.74, 6) is -0.985. The van der Waals surface area contributed by atoms with Crippen LogP contribution >= 0.6 is 0 Å². The molecule has 7 heteroatoms. The first-order valence-electron chi connectivity index (χ1n) is 6.43. The second-order valence-electron chi connectivity index (χ2n) is 4.59. The summed E-state index contributed by atoms with van der Waals surface area (Å²) >= 11 is 0. The number of carbonyl (C=O) groups excluding carboxylic acids is 1. The van der Waals surface area contributed by atoms with Gasteiger partial charge in [0.15, 0.2) is 6.10 Å². The number of hydrogen-bond acceptors (Lipinski definition) is 6. The summed E-state index contributed by atoms with van der Waals surface area (Å²) in [5, 5.41) is 18.3. The molecule has 22 heavy (non-hydrogen) atoms. The van der Waals surface area contributed by atoms with Crippen LogP contribution in [0.4, 0.5) is 0 Å². The molecule has 0 aliphatic heterocycles. The summed E-state index contributed by atoms with van der Waals surface area (Å²) in [4.78, 5) is 32.5. The van der Waals surface area contributed by atoms with Gasteiger partial charge in [0.25, 0.3) is 0 Å². The standard InChI is InChI=1S/C15H13N3O4/c1-9-13(11-3-5-17-6-4-11)7-12(8-16)14(20)18(9)22-15(21)10(2)19/h3-7,10,19H,1-2H3. The van der Waals surface area contributed by atoms with E-state index in [-0.39, 0.29) is 5.56 Å². The van der Waals surface area contributed by atoms with Crippen LogP contribution in [0.2, 0.25) is 0 Å². The van der Waals surface area contributed by atoms with Crippen molar-refractivity contribution in [3.63, 3.8) is 0 Å². The molecule has 0 spiro atoms. The highest BCUT2D eigenvalue weighted by atomic mass is 16.7. The molecule has 0 saturated heterocycles. The topological polar surface area (TPSA) is 105 Å². The first-order chi connectivity index (χ1) is 10.5. The predicted octanol–water partition coefficient (Wildman–Crippen LogP) is 0.426. The number of aromatic nitrogens is 2. The molecule has 1 unspecified atom stereocenters. The smallest absolute Gasteiger partial charge is 0.360 e. The average molecular weight is 299 g/mol. The van der Waals surface area contributed by atoms with E-state index in [9.17, 15) is 14.7 Å². The maximum absolute atomic E-state index is 12.1. The number of aliphatic hydroxyl groups excluding tert-OH is 1. The summed E-state index contributed by atoms with van der Waals surface area (Å²) in [6.07, 6.45) is 1.75. The number of pyridine rings is 2. The fraction of sp³-hybridized carbons (Fsp3) is 0.200. The van der Waals surface area contributed by atoms with E-state index in [1.807, 2.05) is 0 Å². The molecular formula is C15H13N3O4. The molecular weight excluding hydrogens is 286 g/mol. The van der Waals surface area contributed by atoms with Gasteiger partial charge in [-0.3, -0.25) is 9.78 Å². The monoisotopic (exact) mass is 299 g/mol. The van der Waals surface area contributed by atoms with Crippen LogP contribution in [-0.2, 0) is 4.79 Å². The van der Waals surface area contributed by atoms with Gasteiger partial charge in [-0.2, -0.15) is 5.26 Å². The highest BCUT2D eigenvalue weighted by molar-refractivity contribution is 5.74. The van der Waals surface area contributed by atoms with Crippen molar-refractivity contribution in [2.75, 3.05) is 0 Å². The van der Waals surface area contributed by atoms with Gasteiger partial charge < -0.3 is 9.94 Å². The first kappa shape index (κ1) is 15.4. The Morgan fingerprint density at radius 3 is 2.64 bits per heavy atom. The van der Waals surface area contributed by atoms with Crippen molar-refractivity contribution in [2.24, 2.45) is 0 Å². The molecule has 0 aliphatic carbocycles. The highest BCUT2D eigenvalue weighted by Gasteiger charge is 2.19. The van der Waals surface area contributed by atoms with Crippen molar-refractivity contribution in [1.82, 2.24) is 9.71 Å². The van der Waals surface area contributed by atoms with Gasteiger partial charge in [-0.15, -0.1) is 4.73 Å². The van der Waals surface area contributed by atoms with Crippen LogP contribution in [0, 0.1) is 18.3 Å². The van der Waals surface area contributed by atoms with E-state index in [1.165, 1.54) is 13.0 Å². The van der Waals surface area contributed by atoms with Crippen LogP contribution in [0.5, 0.6) is 0 Å². The van der Waals surface area contributed by atoms with E-state index >= 15 is 0 Å². The Morgan fingerprint density at radius 2 is 2.09 bits per heavy atom. The molecule has 0 radical (unpaired) electrons. The number of hydrogen-bond donors (Lipinski definition) is 1. The van der Waals surface area contributed by atoms with Crippen LogP contribution in [0.3, 0.4) is 0 Å². The summed E-state index contributed by atoms with van der Waals surface area (Å²) in [7, 11) is 0. The Balaban J connectivity index is 2.66. The van der Waals surface area contributed by atoms with Gasteiger partial charge in [-0.1, -0.05) is 0 Å². The van der Waals surface area contributed by atoms with E-state index in [4.69, 9.17) is 10.1 Å². The lowest BCUT2D eigenvalue weighted by Gasteiger charge is -2.14.